The number of nitrogens with zero attached hydrogens (tertiary/aromatic N) is 2. The summed E-state index contributed by atoms with van der Waals surface area (Å²) in [7, 11) is 0. The molecular weight excluding hydrogens is 412 g/mol. The summed E-state index contributed by atoms with van der Waals surface area (Å²) < 4.78 is 0. The first kappa shape index (κ1) is 25.0. The van der Waals surface area contributed by atoms with Crippen LogP contribution in [-0.2, 0) is 17.9 Å². The Morgan fingerprint density at radius 3 is 1.88 bits per heavy atom. The van der Waals surface area contributed by atoms with Crippen LogP contribution in [0.15, 0.2) is 60.7 Å². The minimum atomic E-state index is -0.945. The van der Waals surface area contributed by atoms with E-state index in [0.29, 0.717) is 13.0 Å². The van der Waals surface area contributed by atoms with Crippen molar-refractivity contribution >= 4 is 11.9 Å². The molecule has 5 nitrogen and oxygen atoms in total. The minimum Gasteiger partial charge on any atom is -0.465 e. The van der Waals surface area contributed by atoms with E-state index in [1.54, 1.807) is 0 Å². The molecule has 0 saturated carbocycles. The first-order chi connectivity index (χ1) is 15.5. The van der Waals surface area contributed by atoms with Crippen LogP contribution in [0.3, 0.4) is 0 Å². The van der Waals surface area contributed by atoms with E-state index in [-0.39, 0.29) is 29.6 Å². The molecule has 3 rings (SSSR count). The maximum Gasteiger partial charge on any atom is 0.407 e. The van der Waals surface area contributed by atoms with Gasteiger partial charge in [-0.2, -0.15) is 0 Å². The number of hydrogen-bond acceptors (Lipinski definition) is 3. The number of hydrogen-bond donors (Lipinski definition) is 1. The third-order valence-electron chi connectivity index (χ3n) is 6.99. The SMILES string of the molecule is CC(C)(C)C1C(C(=O)CCN(Cc2ccccc2)Cc2ccccc2)CN(C(=O)O)C1(C)C. The van der Waals surface area contributed by atoms with E-state index >= 15 is 0 Å². The second-order valence-electron chi connectivity index (χ2n) is 10.9. The molecule has 33 heavy (non-hydrogen) atoms. The second kappa shape index (κ2) is 10.1. The quantitative estimate of drug-likeness (QED) is 0.560. The average molecular weight is 451 g/mol. The molecule has 178 valence electrons. The van der Waals surface area contributed by atoms with Gasteiger partial charge in [-0.05, 0) is 36.3 Å². The van der Waals surface area contributed by atoms with Crippen molar-refractivity contribution in [1.82, 2.24) is 9.80 Å². The highest BCUT2D eigenvalue weighted by Crippen LogP contribution is 2.49. The summed E-state index contributed by atoms with van der Waals surface area (Å²) in [5, 5.41) is 9.78. The van der Waals surface area contributed by atoms with Crippen LogP contribution in [0.5, 0.6) is 0 Å². The molecule has 1 aliphatic rings. The number of benzene rings is 2. The van der Waals surface area contributed by atoms with Gasteiger partial charge in [-0.3, -0.25) is 9.69 Å². The van der Waals surface area contributed by atoms with Gasteiger partial charge in [0.05, 0.1) is 0 Å². The van der Waals surface area contributed by atoms with Crippen LogP contribution in [-0.4, -0.2) is 45.4 Å². The molecule has 1 N–H and O–H groups in total. The zero-order chi connectivity index (χ0) is 24.2. The van der Waals surface area contributed by atoms with Gasteiger partial charge in [0.15, 0.2) is 0 Å². The lowest BCUT2D eigenvalue weighted by molar-refractivity contribution is -0.125. The van der Waals surface area contributed by atoms with Gasteiger partial charge < -0.3 is 10.0 Å². The predicted octanol–water partition coefficient (Wildman–Crippen LogP) is 5.70. The van der Waals surface area contributed by atoms with Crippen LogP contribution < -0.4 is 0 Å². The second-order valence-corrected chi connectivity index (χ2v) is 10.9. The summed E-state index contributed by atoms with van der Waals surface area (Å²) >= 11 is 0. The maximum absolute atomic E-state index is 13.5. The highest BCUT2D eigenvalue weighted by atomic mass is 16.4. The number of carbonyl (C=O) groups is 2. The van der Waals surface area contributed by atoms with Crippen molar-refractivity contribution < 1.29 is 14.7 Å². The molecule has 0 radical (unpaired) electrons. The van der Waals surface area contributed by atoms with Crippen LogP contribution in [0, 0.1) is 17.3 Å². The summed E-state index contributed by atoms with van der Waals surface area (Å²) in [6, 6.07) is 20.6. The molecule has 0 bridgehead atoms. The number of ketones is 1. The van der Waals surface area contributed by atoms with Crippen molar-refractivity contribution in [3.05, 3.63) is 71.8 Å². The Morgan fingerprint density at radius 1 is 0.970 bits per heavy atom. The lowest BCUT2D eigenvalue weighted by Gasteiger charge is -2.42. The van der Waals surface area contributed by atoms with Crippen molar-refractivity contribution in [1.29, 1.82) is 0 Å². The summed E-state index contributed by atoms with van der Waals surface area (Å²) in [6.07, 6.45) is -0.528. The first-order valence-electron chi connectivity index (χ1n) is 11.8. The fourth-order valence-electron chi connectivity index (χ4n) is 5.82. The summed E-state index contributed by atoms with van der Waals surface area (Å²) in [6.45, 7) is 12.7. The first-order valence-corrected chi connectivity index (χ1v) is 11.8. The van der Waals surface area contributed by atoms with E-state index in [2.05, 4.69) is 49.9 Å². The number of carbonyl (C=O) groups excluding carboxylic acids is 1. The molecule has 2 aromatic carbocycles. The smallest absolute Gasteiger partial charge is 0.407 e. The third kappa shape index (κ3) is 6.02. The van der Waals surface area contributed by atoms with E-state index in [1.807, 2.05) is 50.2 Å². The normalized spacial score (nSPS) is 20.2. The van der Waals surface area contributed by atoms with E-state index in [9.17, 15) is 14.7 Å². The Balaban J connectivity index is 1.76. The number of Topliss-reactive ketones (excluding diaryl/α,β-unsaturated/α-hetero) is 1. The molecule has 2 unspecified atom stereocenters. The Bertz CT molecular complexity index is 893. The standard InChI is InChI=1S/C28H38N2O3/c1-27(2,3)25-23(20-30(26(32)33)28(25,4)5)24(31)16-17-29(18-21-12-8-6-9-13-21)19-22-14-10-7-11-15-22/h6-15,23,25H,16-20H2,1-5H3,(H,32,33). The zero-order valence-corrected chi connectivity index (χ0v) is 20.6. The third-order valence-corrected chi connectivity index (χ3v) is 6.99. The summed E-state index contributed by atoms with van der Waals surface area (Å²) in [5.41, 5.74) is 1.67. The largest absolute Gasteiger partial charge is 0.465 e. The molecular formula is C28H38N2O3. The van der Waals surface area contributed by atoms with Crippen LogP contribution in [0.25, 0.3) is 0 Å². The Hall–Kier alpha value is -2.66. The molecule has 1 saturated heterocycles. The molecule has 1 heterocycles. The van der Waals surface area contributed by atoms with Crippen LogP contribution >= 0.6 is 0 Å². The topological polar surface area (TPSA) is 60.9 Å². The molecule has 0 aliphatic carbocycles. The molecule has 0 spiro atoms. The Kier molecular flexibility index (Phi) is 7.63. The van der Waals surface area contributed by atoms with Crippen LogP contribution in [0.4, 0.5) is 4.79 Å². The zero-order valence-electron chi connectivity index (χ0n) is 20.6. The van der Waals surface area contributed by atoms with Gasteiger partial charge in [0.25, 0.3) is 0 Å². The lowest BCUT2D eigenvalue weighted by atomic mass is 9.65. The van der Waals surface area contributed by atoms with E-state index in [0.717, 1.165) is 13.1 Å². The van der Waals surface area contributed by atoms with E-state index in [4.69, 9.17) is 0 Å². The van der Waals surface area contributed by atoms with Gasteiger partial charge in [0, 0.05) is 44.1 Å². The van der Waals surface area contributed by atoms with Crippen molar-refractivity contribution in [2.75, 3.05) is 13.1 Å². The number of likely N-dealkylation sites (tertiary alicyclic amines) is 1. The Morgan fingerprint density at radius 2 is 1.45 bits per heavy atom. The monoisotopic (exact) mass is 450 g/mol. The summed E-state index contributed by atoms with van der Waals surface area (Å²) in [5.74, 6) is -0.158. The van der Waals surface area contributed by atoms with Gasteiger partial charge in [-0.25, -0.2) is 4.79 Å². The average Bonchev–Trinajstić information content (AvgIpc) is 3.05. The maximum atomic E-state index is 13.5. The highest BCUT2D eigenvalue weighted by Gasteiger charge is 2.56. The van der Waals surface area contributed by atoms with Crippen molar-refractivity contribution in [3.8, 4) is 0 Å². The van der Waals surface area contributed by atoms with E-state index < -0.39 is 11.6 Å². The van der Waals surface area contributed by atoms with Gasteiger partial charge >= 0.3 is 6.09 Å². The lowest BCUT2D eigenvalue weighted by Crippen LogP contribution is -2.49. The van der Waals surface area contributed by atoms with Gasteiger partial charge in [-0.15, -0.1) is 0 Å². The molecule has 0 aromatic heterocycles. The fraction of sp³-hybridized carbons (Fsp3) is 0.500. The van der Waals surface area contributed by atoms with Gasteiger partial charge in [-0.1, -0.05) is 81.4 Å². The van der Waals surface area contributed by atoms with Gasteiger partial charge in [0.2, 0.25) is 0 Å². The predicted molar refractivity (Wildman–Crippen MR) is 132 cm³/mol. The number of amides is 1. The van der Waals surface area contributed by atoms with Crippen molar-refractivity contribution in [2.24, 2.45) is 17.3 Å². The fourth-order valence-corrected chi connectivity index (χ4v) is 5.82. The highest BCUT2D eigenvalue weighted by molar-refractivity contribution is 5.83. The number of carboxylic acid groups (broad SMARTS) is 1. The molecule has 1 amide bonds. The van der Waals surface area contributed by atoms with E-state index in [1.165, 1.54) is 16.0 Å². The van der Waals surface area contributed by atoms with Crippen LogP contribution in [0.1, 0.15) is 52.2 Å². The summed E-state index contributed by atoms with van der Waals surface area (Å²) in [4.78, 5) is 29.2. The molecule has 2 aromatic rings. The molecule has 1 fully saturated rings. The minimum absolute atomic E-state index is 0.0368. The number of rotatable bonds is 8. The van der Waals surface area contributed by atoms with Crippen molar-refractivity contribution in [2.45, 2.75) is 59.7 Å². The van der Waals surface area contributed by atoms with Crippen molar-refractivity contribution in [3.63, 3.8) is 0 Å². The van der Waals surface area contributed by atoms with Gasteiger partial charge in [0.1, 0.15) is 5.78 Å². The van der Waals surface area contributed by atoms with Crippen LogP contribution in [0.2, 0.25) is 0 Å². The molecule has 1 aliphatic heterocycles. The Labute approximate surface area is 198 Å². The molecule has 5 heteroatoms. The molecule has 2 atom stereocenters.